The van der Waals surface area contributed by atoms with E-state index < -0.39 is 0 Å². The first-order chi connectivity index (χ1) is 13.9. The van der Waals surface area contributed by atoms with Crippen LogP contribution in [0.25, 0.3) is 5.95 Å². The van der Waals surface area contributed by atoms with Crippen molar-refractivity contribution in [3.05, 3.63) is 58.6 Å². The van der Waals surface area contributed by atoms with Crippen LogP contribution in [0.3, 0.4) is 0 Å². The molecule has 0 saturated carbocycles. The van der Waals surface area contributed by atoms with Crippen molar-refractivity contribution in [3.8, 4) is 5.95 Å². The molecule has 3 aromatic heterocycles. The molecule has 0 N–H and O–H groups in total. The van der Waals surface area contributed by atoms with E-state index in [1.165, 1.54) is 0 Å². The van der Waals surface area contributed by atoms with Crippen molar-refractivity contribution in [2.75, 3.05) is 20.3 Å². The number of nitrogens with zero attached hydrogens (tertiary/aromatic N) is 5. The second-order valence-corrected chi connectivity index (χ2v) is 7.08. The zero-order valence-corrected chi connectivity index (χ0v) is 17.6. The third-order valence-corrected chi connectivity index (χ3v) is 4.77. The standard InChI is InChI=1S/C21H27N5O3/c1-14-11-15(2)23-21(22-14)26-17(4)19(16(3)24-26)12-20(27)25(8-10-28-5)13-18-7-6-9-29-18/h6-7,9,11H,8,10,12-13H2,1-5H3. The Labute approximate surface area is 170 Å². The molecule has 3 aromatic rings. The quantitative estimate of drug-likeness (QED) is 0.581. The fourth-order valence-corrected chi connectivity index (χ4v) is 3.27. The van der Waals surface area contributed by atoms with Gasteiger partial charge in [0.25, 0.3) is 5.95 Å². The van der Waals surface area contributed by atoms with Crippen LogP contribution in [-0.4, -0.2) is 50.8 Å². The Morgan fingerprint density at radius 3 is 2.55 bits per heavy atom. The van der Waals surface area contributed by atoms with Gasteiger partial charge in [-0.25, -0.2) is 14.6 Å². The summed E-state index contributed by atoms with van der Waals surface area (Å²) >= 11 is 0. The highest BCUT2D eigenvalue weighted by Gasteiger charge is 2.21. The van der Waals surface area contributed by atoms with Crippen LogP contribution in [-0.2, 0) is 22.5 Å². The number of furan rings is 1. The Morgan fingerprint density at radius 2 is 1.93 bits per heavy atom. The number of aromatic nitrogens is 4. The molecule has 29 heavy (non-hydrogen) atoms. The first-order valence-corrected chi connectivity index (χ1v) is 9.56. The average molecular weight is 397 g/mol. The number of methoxy groups -OCH3 is 1. The van der Waals surface area contributed by atoms with Crippen LogP contribution in [0.15, 0.2) is 28.9 Å². The van der Waals surface area contributed by atoms with Gasteiger partial charge >= 0.3 is 0 Å². The van der Waals surface area contributed by atoms with Crippen molar-refractivity contribution >= 4 is 5.91 Å². The SMILES string of the molecule is COCCN(Cc1ccco1)C(=O)Cc1c(C)nn(-c2nc(C)cc(C)n2)c1C. The highest BCUT2D eigenvalue weighted by Crippen LogP contribution is 2.18. The van der Waals surface area contributed by atoms with Gasteiger partial charge in [-0.15, -0.1) is 0 Å². The van der Waals surface area contributed by atoms with Crippen molar-refractivity contribution in [2.45, 2.75) is 40.7 Å². The van der Waals surface area contributed by atoms with E-state index in [1.807, 2.05) is 45.9 Å². The lowest BCUT2D eigenvalue weighted by atomic mass is 10.1. The van der Waals surface area contributed by atoms with E-state index in [1.54, 1.807) is 23.0 Å². The molecule has 0 saturated heterocycles. The van der Waals surface area contributed by atoms with E-state index in [-0.39, 0.29) is 12.3 Å². The molecule has 8 heteroatoms. The first-order valence-electron chi connectivity index (χ1n) is 9.56. The molecular weight excluding hydrogens is 370 g/mol. The van der Waals surface area contributed by atoms with Gasteiger partial charge in [0.15, 0.2) is 0 Å². The van der Waals surface area contributed by atoms with Crippen molar-refractivity contribution in [2.24, 2.45) is 0 Å². The molecule has 0 aliphatic carbocycles. The van der Waals surface area contributed by atoms with Gasteiger partial charge in [-0.2, -0.15) is 5.10 Å². The molecule has 154 valence electrons. The minimum Gasteiger partial charge on any atom is -0.467 e. The van der Waals surface area contributed by atoms with Gasteiger partial charge in [0.2, 0.25) is 5.91 Å². The van der Waals surface area contributed by atoms with Gasteiger partial charge in [-0.1, -0.05) is 0 Å². The van der Waals surface area contributed by atoms with Gasteiger partial charge in [-0.3, -0.25) is 4.79 Å². The van der Waals surface area contributed by atoms with E-state index in [9.17, 15) is 4.79 Å². The van der Waals surface area contributed by atoms with Crippen LogP contribution < -0.4 is 0 Å². The van der Waals surface area contributed by atoms with Crippen LogP contribution in [0.1, 0.15) is 34.1 Å². The summed E-state index contributed by atoms with van der Waals surface area (Å²) < 4.78 is 12.3. The predicted molar refractivity (Wildman–Crippen MR) is 108 cm³/mol. The average Bonchev–Trinajstić information content (AvgIpc) is 3.27. The summed E-state index contributed by atoms with van der Waals surface area (Å²) in [5.74, 6) is 1.25. The smallest absolute Gasteiger partial charge is 0.251 e. The highest BCUT2D eigenvalue weighted by molar-refractivity contribution is 5.79. The van der Waals surface area contributed by atoms with E-state index in [2.05, 4.69) is 15.1 Å². The van der Waals surface area contributed by atoms with Gasteiger partial charge in [0, 0.05) is 36.3 Å². The summed E-state index contributed by atoms with van der Waals surface area (Å²) in [6.45, 7) is 9.05. The molecule has 0 radical (unpaired) electrons. The molecule has 0 unspecified atom stereocenters. The number of ether oxygens (including phenoxy) is 1. The third-order valence-electron chi connectivity index (χ3n) is 4.77. The lowest BCUT2D eigenvalue weighted by Gasteiger charge is -2.21. The van der Waals surface area contributed by atoms with Crippen molar-refractivity contribution in [1.29, 1.82) is 0 Å². The molecule has 3 heterocycles. The zero-order chi connectivity index (χ0) is 21.0. The Balaban J connectivity index is 1.84. The Kier molecular flexibility index (Phi) is 6.43. The highest BCUT2D eigenvalue weighted by atomic mass is 16.5. The normalized spacial score (nSPS) is 11.1. The first kappa shape index (κ1) is 20.7. The molecule has 0 aliphatic heterocycles. The molecule has 0 bridgehead atoms. The second-order valence-electron chi connectivity index (χ2n) is 7.08. The van der Waals surface area contributed by atoms with Crippen LogP contribution in [0.4, 0.5) is 0 Å². The Bertz CT molecular complexity index is 958. The molecule has 0 fully saturated rings. The molecule has 0 spiro atoms. The summed E-state index contributed by atoms with van der Waals surface area (Å²) in [7, 11) is 1.62. The van der Waals surface area contributed by atoms with Crippen molar-refractivity contribution in [3.63, 3.8) is 0 Å². The molecule has 0 atom stereocenters. The van der Waals surface area contributed by atoms with Gasteiger partial charge in [-0.05, 0) is 45.9 Å². The molecular formula is C21H27N5O3. The van der Waals surface area contributed by atoms with Crippen LogP contribution in [0.2, 0.25) is 0 Å². The zero-order valence-electron chi connectivity index (χ0n) is 17.6. The minimum atomic E-state index is -0.00876. The number of hydrogen-bond acceptors (Lipinski definition) is 6. The predicted octanol–water partition coefficient (Wildman–Crippen LogP) is 2.71. The number of amides is 1. The maximum absolute atomic E-state index is 13.1. The molecule has 0 aromatic carbocycles. The maximum atomic E-state index is 13.1. The molecule has 0 aliphatic rings. The van der Waals surface area contributed by atoms with E-state index in [0.29, 0.717) is 25.6 Å². The lowest BCUT2D eigenvalue weighted by molar-refractivity contribution is -0.132. The summed E-state index contributed by atoms with van der Waals surface area (Å²) in [4.78, 5) is 23.8. The summed E-state index contributed by atoms with van der Waals surface area (Å²) in [5, 5.41) is 4.59. The lowest BCUT2D eigenvalue weighted by Crippen LogP contribution is -2.34. The topological polar surface area (TPSA) is 86.3 Å². The molecule has 8 nitrogen and oxygen atoms in total. The van der Waals surface area contributed by atoms with E-state index >= 15 is 0 Å². The maximum Gasteiger partial charge on any atom is 0.251 e. The molecule has 3 rings (SSSR count). The van der Waals surface area contributed by atoms with Crippen molar-refractivity contribution in [1.82, 2.24) is 24.6 Å². The van der Waals surface area contributed by atoms with Crippen molar-refractivity contribution < 1.29 is 13.9 Å². The fourth-order valence-electron chi connectivity index (χ4n) is 3.27. The number of rotatable bonds is 8. The third kappa shape index (κ3) is 4.89. The van der Waals surface area contributed by atoms with E-state index in [4.69, 9.17) is 9.15 Å². The Morgan fingerprint density at radius 1 is 1.21 bits per heavy atom. The summed E-state index contributed by atoms with van der Waals surface area (Å²) in [6, 6.07) is 5.59. The minimum absolute atomic E-state index is 0.00876. The van der Waals surface area contributed by atoms with Crippen LogP contribution in [0.5, 0.6) is 0 Å². The Hall–Kier alpha value is -3.00. The summed E-state index contributed by atoms with van der Waals surface area (Å²) in [6.07, 6.45) is 1.85. The van der Waals surface area contributed by atoms with Gasteiger partial charge in [0.1, 0.15) is 5.76 Å². The second kappa shape index (κ2) is 9.00. The largest absolute Gasteiger partial charge is 0.467 e. The summed E-state index contributed by atoms with van der Waals surface area (Å²) in [5.41, 5.74) is 4.30. The molecule has 1 amide bonds. The monoisotopic (exact) mass is 397 g/mol. The van der Waals surface area contributed by atoms with Gasteiger partial charge < -0.3 is 14.1 Å². The number of hydrogen-bond donors (Lipinski definition) is 0. The van der Waals surface area contributed by atoms with Crippen LogP contribution in [0, 0.1) is 27.7 Å². The van der Waals surface area contributed by atoms with Crippen LogP contribution >= 0.6 is 0 Å². The van der Waals surface area contributed by atoms with Gasteiger partial charge in [0.05, 0.1) is 31.5 Å². The number of aryl methyl sites for hydroxylation is 3. The van der Waals surface area contributed by atoms with E-state index in [0.717, 1.165) is 34.1 Å². The number of carbonyl (C=O) groups is 1. The fraction of sp³-hybridized carbons (Fsp3) is 0.429. The number of carbonyl (C=O) groups excluding carboxylic acids is 1.